The van der Waals surface area contributed by atoms with Gasteiger partial charge in [-0.05, 0) is 36.4 Å². The lowest BCUT2D eigenvalue weighted by Crippen LogP contribution is -2.26. The Morgan fingerprint density at radius 3 is 1.61 bits per heavy atom. The van der Waals surface area contributed by atoms with Crippen LogP contribution in [0.25, 0.3) is 34.0 Å². The lowest BCUT2D eigenvalue weighted by molar-refractivity contribution is 1.36. The van der Waals surface area contributed by atoms with Crippen LogP contribution < -0.4 is 10.4 Å². The molecule has 2 heteroatoms. The highest BCUT2D eigenvalue weighted by atomic mass is 14.7. The first-order chi connectivity index (χ1) is 8.86. The van der Waals surface area contributed by atoms with Crippen molar-refractivity contribution in [1.82, 2.24) is 9.97 Å². The van der Waals surface area contributed by atoms with Crippen molar-refractivity contribution in [2.45, 2.75) is 13.8 Å². The maximum atomic E-state index is 4.50. The number of hydrogen-bond acceptors (Lipinski definition) is 2. The lowest BCUT2D eigenvalue weighted by atomic mass is 10.0. The summed E-state index contributed by atoms with van der Waals surface area (Å²) in [6.45, 7) is 4.13. The molecule has 2 aromatic heterocycles. The third-order valence-corrected chi connectivity index (χ3v) is 3.29. The Hall–Kier alpha value is -2.22. The van der Waals surface area contributed by atoms with Gasteiger partial charge in [-0.2, -0.15) is 0 Å². The van der Waals surface area contributed by atoms with Crippen LogP contribution in [0.2, 0.25) is 0 Å². The van der Waals surface area contributed by atoms with Gasteiger partial charge in [-0.3, -0.25) is 9.97 Å². The summed E-state index contributed by atoms with van der Waals surface area (Å²) in [5.74, 6) is 0. The molecule has 0 saturated carbocycles. The van der Waals surface area contributed by atoms with Gasteiger partial charge < -0.3 is 0 Å². The van der Waals surface area contributed by atoms with Crippen molar-refractivity contribution in [1.29, 1.82) is 0 Å². The number of rotatable bonds is 0. The van der Waals surface area contributed by atoms with Crippen LogP contribution in [0.1, 0.15) is 13.8 Å². The van der Waals surface area contributed by atoms with Gasteiger partial charge >= 0.3 is 0 Å². The van der Waals surface area contributed by atoms with Gasteiger partial charge in [0.05, 0.1) is 11.0 Å². The van der Waals surface area contributed by atoms with Crippen molar-refractivity contribution in [3.63, 3.8) is 0 Å². The average molecular weight is 234 g/mol. The van der Waals surface area contributed by atoms with Crippen LogP contribution in [0.15, 0.2) is 36.7 Å². The van der Waals surface area contributed by atoms with Crippen LogP contribution in [-0.4, -0.2) is 9.97 Å². The third-order valence-electron chi connectivity index (χ3n) is 3.29. The molecule has 3 rings (SSSR count). The number of benzene rings is 1. The zero-order chi connectivity index (χ0) is 12.5. The summed E-state index contributed by atoms with van der Waals surface area (Å²) in [6.07, 6.45) is 7.94. The average Bonchev–Trinajstić information content (AvgIpc) is 2.45. The Kier molecular flexibility index (Phi) is 2.56. The molecular weight excluding hydrogens is 220 g/mol. The van der Waals surface area contributed by atoms with Crippen molar-refractivity contribution < 1.29 is 0 Å². The highest BCUT2D eigenvalue weighted by Gasteiger charge is 2.05. The van der Waals surface area contributed by atoms with Crippen molar-refractivity contribution in [2.75, 3.05) is 0 Å². The smallest absolute Gasteiger partial charge is 0.0970 e. The van der Waals surface area contributed by atoms with E-state index in [2.05, 4.69) is 48.1 Å². The fourth-order valence-electron chi connectivity index (χ4n) is 2.53. The molecule has 0 amide bonds. The topological polar surface area (TPSA) is 25.8 Å². The monoisotopic (exact) mass is 234 g/mol. The van der Waals surface area contributed by atoms with Gasteiger partial charge in [0.2, 0.25) is 0 Å². The van der Waals surface area contributed by atoms with Crippen LogP contribution in [0.5, 0.6) is 0 Å². The molecule has 0 aliphatic heterocycles. The highest BCUT2D eigenvalue weighted by Crippen LogP contribution is 2.15. The normalized spacial score (nSPS) is 13.7. The first kappa shape index (κ1) is 10.9. The van der Waals surface area contributed by atoms with E-state index in [1.54, 1.807) is 0 Å². The predicted octanol–water partition coefficient (Wildman–Crippen LogP) is 2.38. The first-order valence-corrected chi connectivity index (χ1v) is 6.11. The summed E-state index contributed by atoms with van der Waals surface area (Å²) in [5, 5.41) is 4.81. The molecule has 0 unspecified atom stereocenters. The molecule has 2 heterocycles. The summed E-state index contributed by atoms with van der Waals surface area (Å²) in [6, 6.07) is 8.17. The number of hydrogen-bond donors (Lipinski definition) is 0. The molecule has 3 aromatic rings. The van der Waals surface area contributed by atoms with E-state index in [-0.39, 0.29) is 0 Å². The molecule has 0 fully saturated rings. The van der Waals surface area contributed by atoms with Gasteiger partial charge in [0.15, 0.2) is 0 Å². The predicted molar refractivity (Wildman–Crippen MR) is 76.6 cm³/mol. The Morgan fingerprint density at radius 1 is 0.778 bits per heavy atom. The maximum Gasteiger partial charge on any atom is 0.0970 e. The quantitative estimate of drug-likeness (QED) is 0.558. The lowest BCUT2D eigenvalue weighted by Gasteiger charge is -2.05. The van der Waals surface area contributed by atoms with Gasteiger partial charge in [-0.15, -0.1) is 0 Å². The molecule has 0 atom stereocenters. The van der Waals surface area contributed by atoms with Gasteiger partial charge in [0.1, 0.15) is 0 Å². The van der Waals surface area contributed by atoms with Gasteiger partial charge in [-0.1, -0.05) is 24.3 Å². The fourth-order valence-corrected chi connectivity index (χ4v) is 2.53. The molecule has 1 aromatic carbocycles. The molecule has 88 valence electrons. The van der Waals surface area contributed by atoms with Crippen molar-refractivity contribution in [2.24, 2.45) is 0 Å². The van der Waals surface area contributed by atoms with Crippen LogP contribution in [0.4, 0.5) is 0 Å². The minimum atomic E-state index is 0.979. The zero-order valence-electron chi connectivity index (χ0n) is 10.5. The third kappa shape index (κ3) is 1.42. The second-order valence-electron chi connectivity index (χ2n) is 4.20. The first-order valence-electron chi connectivity index (χ1n) is 6.11. The summed E-state index contributed by atoms with van der Waals surface area (Å²) >= 11 is 0. The Bertz CT molecular complexity index is 775. The van der Waals surface area contributed by atoms with Crippen molar-refractivity contribution >= 4 is 34.0 Å². The van der Waals surface area contributed by atoms with Crippen LogP contribution in [-0.2, 0) is 0 Å². The van der Waals surface area contributed by atoms with E-state index in [9.17, 15) is 0 Å². The molecule has 18 heavy (non-hydrogen) atoms. The Balaban J connectivity index is 2.81. The van der Waals surface area contributed by atoms with E-state index in [1.165, 1.54) is 21.2 Å². The molecule has 0 radical (unpaired) electrons. The van der Waals surface area contributed by atoms with E-state index in [0.29, 0.717) is 0 Å². The summed E-state index contributed by atoms with van der Waals surface area (Å²) in [7, 11) is 0. The second kappa shape index (κ2) is 4.22. The van der Waals surface area contributed by atoms with Crippen LogP contribution in [0.3, 0.4) is 0 Å². The van der Waals surface area contributed by atoms with Crippen molar-refractivity contribution in [3.8, 4) is 0 Å². The Labute approximate surface area is 105 Å². The standard InChI is InChI=1S/C16H14N2/c1-3-11-12(4-2)14-8-6-10-18-16(14)15-13(11)7-5-9-17-15/h3-10H,1-2H3/b11-3-,12-4-. The van der Waals surface area contributed by atoms with Gasteiger partial charge in [0.25, 0.3) is 0 Å². The molecule has 0 saturated heterocycles. The highest BCUT2D eigenvalue weighted by molar-refractivity contribution is 6.03. The molecule has 2 nitrogen and oxygen atoms in total. The van der Waals surface area contributed by atoms with E-state index >= 15 is 0 Å². The minimum absolute atomic E-state index is 0.979. The van der Waals surface area contributed by atoms with E-state index in [4.69, 9.17) is 0 Å². The number of aromatic nitrogens is 2. The molecule has 0 N–H and O–H groups in total. The van der Waals surface area contributed by atoms with Gasteiger partial charge in [0, 0.05) is 23.2 Å². The van der Waals surface area contributed by atoms with Crippen LogP contribution in [0, 0.1) is 0 Å². The SMILES string of the molecule is C/C=c1/c(=C/C)c2cccnc2c2ncccc12. The summed E-state index contributed by atoms with van der Waals surface area (Å²) in [5.41, 5.74) is 1.96. The number of pyridine rings is 2. The summed E-state index contributed by atoms with van der Waals surface area (Å²) < 4.78 is 0. The number of nitrogens with zero attached hydrogens (tertiary/aromatic N) is 2. The van der Waals surface area contributed by atoms with E-state index in [0.717, 1.165) is 11.0 Å². The van der Waals surface area contributed by atoms with E-state index < -0.39 is 0 Å². The maximum absolute atomic E-state index is 4.50. The molecule has 0 bridgehead atoms. The number of fused-ring (bicyclic) bond motifs is 3. The minimum Gasteiger partial charge on any atom is -0.254 e. The second-order valence-corrected chi connectivity index (χ2v) is 4.20. The molecule has 0 aliphatic rings. The molecule has 0 aliphatic carbocycles. The molecule has 0 spiro atoms. The summed E-state index contributed by atoms with van der Waals surface area (Å²) in [4.78, 5) is 8.99. The zero-order valence-corrected chi connectivity index (χ0v) is 10.5. The van der Waals surface area contributed by atoms with E-state index in [1.807, 2.05) is 24.5 Å². The Morgan fingerprint density at radius 2 is 1.22 bits per heavy atom. The molecular formula is C16H14N2. The fraction of sp³-hybridized carbons (Fsp3) is 0.125. The van der Waals surface area contributed by atoms with Gasteiger partial charge in [-0.25, -0.2) is 0 Å². The van der Waals surface area contributed by atoms with Crippen molar-refractivity contribution in [3.05, 3.63) is 47.1 Å². The van der Waals surface area contributed by atoms with Crippen LogP contribution >= 0.6 is 0 Å². The largest absolute Gasteiger partial charge is 0.254 e.